The summed E-state index contributed by atoms with van der Waals surface area (Å²) in [6, 6.07) is 8.08. The molecular weight excluding hydrogens is 246 g/mol. The molecule has 1 aromatic carbocycles. The summed E-state index contributed by atoms with van der Waals surface area (Å²) in [7, 11) is 0. The molecule has 1 aliphatic rings. The van der Waals surface area contributed by atoms with E-state index < -0.39 is 0 Å². The van der Waals surface area contributed by atoms with Crippen molar-refractivity contribution in [1.29, 1.82) is 0 Å². The molecule has 1 aromatic rings. The highest BCUT2D eigenvalue weighted by molar-refractivity contribution is 6.30. The van der Waals surface area contributed by atoms with E-state index in [1.54, 1.807) is 0 Å². The second-order valence-electron chi connectivity index (χ2n) is 5.09. The van der Waals surface area contributed by atoms with Crippen LogP contribution in [0.25, 0.3) is 0 Å². The minimum atomic E-state index is -0.216. The third kappa shape index (κ3) is 2.87. The van der Waals surface area contributed by atoms with Crippen LogP contribution < -0.4 is 5.32 Å². The molecule has 0 saturated carbocycles. The molecule has 2 nitrogen and oxygen atoms in total. The van der Waals surface area contributed by atoms with Crippen molar-refractivity contribution in [2.24, 2.45) is 5.92 Å². The fraction of sp³-hybridized carbons (Fsp3) is 0.600. The SMILES string of the molecule is CCO[C@](C)(c1ccc(Cl)cc1)[C@@H]1CCCNC1. The van der Waals surface area contributed by atoms with Gasteiger partial charge in [-0.05, 0) is 50.9 Å². The molecule has 3 heteroatoms. The number of halogens is 1. The molecule has 0 aromatic heterocycles. The Labute approximate surface area is 115 Å². The van der Waals surface area contributed by atoms with Gasteiger partial charge in [-0.2, -0.15) is 0 Å². The van der Waals surface area contributed by atoms with Gasteiger partial charge in [0.1, 0.15) is 0 Å². The van der Waals surface area contributed by atoms with Gasteiger partial charge in [-0.1, -0.05) is 23.7 Å². The van der Waals surface area contributed by atoms with E-state index >= 15 is 0 Å². The molecule has 0 bridgehead atoms. The van der Waals surface area contributed by atoms with E-state index in [2.05, 4.69) is 31.3 Å². The van der Waals surface area contributed by atoms with Gasteiger partial charge in [-0.15, -0.1) is 0 Å². The van der Waals surface area contributed by atoms with Crippen molar-refractivity contribution in [1.82, 2.24) is 5.32 Å². The number of nitrogens with one attached hydrogen (secondary N) is 1. The zero-order valence-corrected chi connectivity index (χ0v) is 12.0. The molecule has 18 heavy (non-hydrogen) atoms. The predicted molar refractivity (Wildman–Crippen MR) is 76.0 cm³/mol. The molecule has 0 amide bonds. The van der Waals surface area contributed by atoms with Crippen molar-refractivity contribution in [2.75, 3.05) is 19.7 Å². The molecule has 0 spiro atoms. The van der Waals surface area contributed by atoms with Crippen LogP contribution in [-0.2, 0) is 10.3 Å². The fourth-order valence-corrected chi connectivity index (χ4v) is 2.97. The maximum atomic E-state index is 6.11. The molecule has 2 atom stereocenters. The molecule has 1 heterocycles. The average molecular weight is 268 g/mol. The van der Waals surface area contributed by atoms with E-state index in [9.17, 15) is 0 Å². The van der Waals surface area contributed by atoms with Gasteiger partial charge in [0.2, 0.25) is 0 Å². The van der Waals surface area contributed by atoms with Crippen LogP contribution in [0.5, 0.6) is 0 Å². The molecule has 0 aliphatic carbocycles. The van der Waals surface area contributed by atoms with Crippen LogP contribution in [0.15, 0.2) is 24.3 Å². The Morgan fingerprint density at radius 1 is 1.39 bits per heavy atom. The first-order chi connectivity index (χ1) is 8.66. The van der Waals surface area contributed by atoms with Crippen LogP contribution in [0, 0.1) is 5.92 Å². The lowest BCUT2D eigenvalue weighted by molar-refractivity contribution is -0.0804. The average Bonchev–Trinajstić information content (AvgIpc) is 2.40. The van der Waals surface area contributed by atoms with Gasteiger partial charge in [0, 0.05) is 24.1 Å². The highest BCUT2D eigenvalue weighted by Gasteiger charge is 2.37. The summed E-state index contributed by atoms with van der Waals surface area (Å²) >= 11 is 5.97. The zero-order chi connectivity index (χ0) is 13.0. The van der Waals surface area contributed by atoms with Crippen LogP contribution in [0.3, 0.4) is 0 Å². The maximum absolute atomic E-state index is 6.11. The summed E-state index contributed by atoms with van der Waals surface area (Å²) in [4.78, 5) is 0. The molecule has 1 saturated heterocycles. The highest BCUT2D eigenvalue weighted by Crippen LogP contribution is 2.37. The highest BCUT2D eigenvalue weighted by atomic mass is 35.5. The van der Waals surface area contributed by atoms with Gasteiger partial charge < -0.3 is 10.1 Å². The number of hydrogen-bond donors (Lipinski definition) is 1. The normalized spacial score (nSPS) is 23.6. The van der Waals surface area contributed by atoms with Crippen LogP contribution >= 0.6 is 11.6 Å². The molecule has 100 valence electrons. The van der Waals surface area contributed by atoms with Gasteiger partial charge in [-0.25, -0.2) is 0 Å². The second-order valence-corrected chi connectivity index (χ2v) is 5.53. The van der Waals surface area contributed by atoms with Gasteiger partial charge >= 0.3 is 0 Å². The predicted octanol–water partition coefficient (Wildman–Crippen LogP) is 3.59. The Hall–Kier alpha value is -0.570. The summed E-state index contributed by atoms with van der Waals surface area (Å²) < 4.78 is 6.11. The third-order valence-electron chi connectivity index (χ3n) is 3.94. The lowest BCUT2D eigenvalue weighted by atomic mass is 9.78. The molecule has 2 rings (SSSR count). The van der Waals surface area contributed by atoms with E-state index in [-0.39, 0.29) is 5.60 Å². The van der Waals surface area contributed by atoms with E-state index in [1.165, 1.54) is 18.4 Å². The van der Waals surface area contributed by atoms with Crippen molar-refractivity contribution in [3.63, 3.8) is 0 Å². The number of piperidine rings is 1. The van der Waals surface area contributed by atoms with Crippen LogP contribution in [-0.4, -0.2) is 19.7 Å². The summed E-state index contributed by atoms with van der Waals surface area (Å²) in [6.45, 7) is 7.15. The maximum Gasteiger partial charge on any atom is 0.0943 e. The van der Waals surface area contributed by atoms with Gasteiger partial charge in [0.25, 0.3) is 0 Å². The number of benzene rings is 1. The minimum Gasteiger partial charge on any atom is -0.371 e. The molecule has 1 N–H and O–H groups in total. The van der Waals surface area contributed by atoms with Gasteiger partial charge in [0.05, 0.1) is 5.60 Å². The van der Waals surface area contributed by atoms with Crippen LogP contribution in [0.1, 0.15) is 32.3 Å². The Morgan fingerprint density at radius 2 is 2.11 bits per heavy atom. The van der Waals surface area contributed by atoms with Crippen LogP contribution in [0.2, 0.25) is 5.02 Å². The van der Waals surface area contributed by atoms with Crippen molar-refractivity contribution in [3.05, 3.63) is 34.9 Å². The Bertz CT molecular complexity index is 373. The van der Waals surface area contributed by atoms with E-state index in [1.807, 2.05) is 12.1 Å². The fourth-order valence-electron chi connectivity index (χ4n) is 2.84. The molecule has 1 fully saturated rings. The number of ether oxygens (including phenoxy) is 1. The monoisotopic (exact) mass is 267 g/mol. The molecule has 0 unspecified atom stereocenters. The van der Waals surface area contributed by atoms with Crippen molar-refractivity contribution < 1.29 is 4.74 Å². The molecule has 1 aliphatic heterocycles. The van der Waals surface area contributed by atoms with E-state index in [0.717, 1.165) is 24.7 Å². The molecule has 0 radical (unpaired) electrons. The first-order valence-corrected chi connectivity index (χ1v) is 7.15. The largest absolute Gasteiger partial charge is 0.371 e. The minimum absolute atomic E-state index is 0.216. The summed E-state index contributed by atoms with van der Waals surface area (Å²) in [5.74, 6) is 0.521. The summed E-state index contributed by atoms with van der Waals surface area (Å²) in [5, 5.41) is 4.25. The Kier molecular flexibility index (Phi) is 4.66. The Balaban J connectivity index is 2.26. The molecular formula is C15H22ClNO. The first-order valence-electron chi connectivity index (χ1n) is 6.77. The van der Waals surface area contributed by atoms with Crippen molar-refractivity contribution in [2.45, 2.75) is 32.3 Å². The van der Waals surface area contributed by atoms with E-state index in [0.29, 0.717) is 5.92 Å². The first kappa shape index (κ1) is 13.9. The van der Waals surface area contributed by atoms with Crippen molar-refractivity contribution in [3.8, 4) is 0 Å². The van der Waals surface area contributed by atoms with Crippen LogP contribution in [0.4, 0.5) is 0 Å². The summed E-state index contributed by atoms with van der Waals surface area (Å²) in [5.41, 5.74) is 1.01. The summed E-state index contributed by atoms with van der Waals surface area (Å²) in [6.07, 6.45) is 2.44. The topological polar surface area (TPSA) is 21.3 Å². The zero-order valence-electron chi connectivity index (χ0n) is 11.2. The standard InChI is InChI=1S/C15H22ClNO/c1-3-18-15(2,13-5-4-10-17-11-13)12-6-8-14(16)9-7-12/h6-9,13,17H,3-5,10-11H2,1-2H3/t13-,15-/m1/s1. The smallest absolute Gasteiger partial charge is 0.0943 e. The van der Waals surface area contributed by atoms with E-state index in [4.69, 9.17) is 16.3 Å². The second kappa shape index (κ2) is 6.05. The third-order valence-corrected chi connectivity index (χ3v) is 4.19. The van der Waals surface area contributed by atoms with Gasteiger partial charge in [0.15, 0.2) is 0 Å². The number of hydrogen-bond acceptors (Lipinski definition) is 2. The lowest BCUT2D eigenvalue weighted by Crippen LogP contribution is -2.44. The Morgan fingerprint density at radius 3 is 2.67 bits per heavy atom. The van der Waals surface area contributed by atoms with Gasteiger partial charge in [-0.3, -0.25) is 0 Å². The lowest BCUT2D eigenvalue weighted by Gasteiger charge is -2.40. The van der Waals surface area contributed by atoms with Crippen molar-refractivity contribution >= 4 is 11.6 Å². The number of rotatable bonds is 4. The quantitative estimate of drug-likeness (QED) is 0.900.